The van der Waals surface area contributed by atoms with Gasteiger partial charge in [0.1, 0.15) is 6.61 Å². The van der Waals surface area contributed by atoms with Crippen molar-refractivity contribution in [3.63, 3.8) is 0 Å². The second kappa shape index (κ2) is 7.14. The topological polar surface area (TPSA) is 99.2 Å². The fraction of sp³-hybridized carbons (Fsp3) is 0.455. The Morgan fingerprint density at radius 2 is 1.84 bits per heavy atom. The van der Waals surface area contributed by atoms with Gasteiger partial charge in [0, 0.05) is 12.8 Å². The first-order valence-corrected chi connectivity index (χ1v) is 5.47. The van der Waals surface area contributed by atoms with E-state index in [0.29, 0.717) is 5.06 Å². The molecule has 1 heterocycles. The molecule has 1 fully saturated rings. The lowest BCUT2D eigenvalue weighted by Gasteiger charge is -2.11. The molecule has 1 aliphatic rings. The Hall–Kier alpha value is -2.38. The van der Waals surface area contributed by atoms with E-state index in [1.807, 2.05) is 0 Å². The van der Waals surface area contributed by atoms with E-state index in [2.05, 4.69) is 14.3 Å². The van der Waals surface area contributed by atoms with Crippen LogP contribution in [0.4, 0.5) is 4.79 Å². The number of hydrogen-bond donors (Lipinski definition) is 0. The molecule has 0 unspecified atom stereocenters. The van der Waals surface area contributed by atoms with Crippen molar-refractivity contribution < 1.29 is 33.5 Å². The van der Waals surface area contributed by atoms with Crippen molar-refractivity contribution >= 4 is 23.9 Å². The summed E-state index contributed by atoms with van der Waals surface area (Å²) in [6.45, 7) is -0.0540. The highest BCUT2D eigenvalue weighted by Gasteiger charge is 2.32. The zero-order valence-corrected chi connectivity index (χ0v) is 10.3. The number of ether oxygens (including phenoxy) is 2. The average Bonchev–Trinajstić information content (AvgIpc) is 2.69. The third-order valence-electron chi connectivity index (χ3n) is 2.11. The van der Waals surface area contributed by atoms with Crippen LogP contribution in [0.5, 0.6) is 0 Å². The number of nitrogens with zero attached hydrogens (tertiary/aromatic N) is 1. The summed E-state index contributed by atoms with van der Waals surface area (Å²) < 4.78 is 8.74. The minimum Gasteiger partial charge on any atom is -0.438 e. The van der Waals surface area contributed by atoms with Gasteiger partial charge in [0.25, 0.3) is 11.8 Å². The minimum atomic E-state index is -0.833. The van der Waals surface area contributed by atoms with Gasteiger partial charge in [-0.2, -0.15) is 0 Å². The minimum absolute atomic E-state index is 0.0505. The predicted octanol–water partition coefficient (Wildman–Crippen LogP) is 0.323. The first-order valence-electron chi connectivity index (χ1n) is 5.47. The lowest BCUT2D eigenvalue weighted by atomic mass is 10.4. The van der Waals surface area contributed by atoms with Gasteiger partial charge in [0.15, 0.2) is 0 Å². The molecule has 0 aliphatic carbocycles. The van der Waals surface area contributed by atoms with Crippen LogP contribution in [0.3, 0.4) is 0 Å². The van der Waals surface area contributed by atoms with Crippen molar-refractivity contribution in [3.05, 3.63) is 12.2 Å². The van der Waals surface area contributed by atoms with Gasteiger partial charge < -0.3 is 14.3 Å². The molecule has 0 aromatic heterocycles. The smallest absolute Gasteiger partial charge is 0.438 e. The molecule has 104 valence electrons. The maximum atomic E-state index is 11.3. The molecule has 1 aliphatic heterocycles. The summed E-state index contributed by atoms with van der Waals surface area (Å²) in [5, 5.41) is 0.473. The first kappa shape index (κ1) is 14.7. The molecule has 2 amide bonds. The van der Waals surface area contributed by atoms with Crippen LogP contribution >= 0.6 is 0 Å². The lowest BCUT2D eigenvalue weighted by Crippen LogP contribution is -2.31. The number of hydrogen-bond acceptors (Lipinski definition) is 7. The lowest BCUT2D eigenvalue weighted by molar-refractivity contribution is -0.196. The van der Waals surface area contributed by atoms with Crippen LogP contribution in [-0.4, -0.2) is 42.7 Å². The Bertz CT molecular complexity index is 399. The zero-order chi connectivity index (χ0) is 14.3. The molecule has 0 spiro atoms. The maximum Gasteiger partial charge on any atom is 0.508 e. The van der Waals surface area contributed by atoms with E-state index in [-0.39, 0.29) is 25.9 Å². The zero-order valence-electron chi connectivity index (χ0n) is 10.3. The van der Waals surface area contributed by atoms with Crippen LogP contribution in [0.1, 0.15) is 19.3 Å². The van der Waals surface area contributed by atoms with E-state index in [4.69, 9.17) is 0 Å². The summed E-state index contributed by atoms with van der Waals surface area (Å²) in [4.78, 5) is 48.7. The molecule has 8 nitrogen and oxygen atoms in total. The van der Waals surface area contributed by atoms with Gasteiger partial charge in [0.05, 0.1) is 13.5 Å². The summed E-state index contributed by atoms with van der Waals surface area (Å²) in [5.41, 5.74) is 0. The van der Waals surface area contributed by atoms with Crippen LogP contribution < -0.4 is 0 Å². The Balaban J connectivity index is 2.24. The van der Waals surface area contributed by atoms with Crippen molar-refractivity contribution in [1.82, 2.24) is 5.06 Å². The molecule has 0 aromatic rings. The number of carbonyl (C=O) groups is 4. The quantitative estimate of drug-likeness (QED) is 0.403. The molecular formula is C11H13NO7. The summed E-state index contributed by atoms with van der Waals surface area (Å²) >= 11 is 0. The third kappa shape index (κ3) is 4.78. The summed E-state index contributed by atoms with van der Waals surface area (Å²) in [7, 11) is 1.17. The van der Waals surface area contributed by atoms with Crippen LogP contribution in [0, 0.1) is 0 Å². The summed E-state index contributed by atoms with van der Waals surface area (Å²) in [6.07, 6.45) is 1.91. The number of amides is 2. The molecule has 0 atom stereocenters. The summed E-state index contributed by atoms with van der Waals surface area (Å²) in [6, 6.07) is 0. The van der Waals surface area contributed by atoms with Gasteiger partial charge in [-0.15, -0.1) is 5.06 Å². The average molecular weight is 271 g/mol. The number of methoxy groups -OCH3 is 1. The second-order valence-corrected chi connectivity index (χ2v) is 3.49. The van der Waals surface area contributed by atoms with Crippen molar-refractivity contribution in [2.75, 3.05) is 13.7 Å². The van der Waals surface area contributed by atoms with Crippen LogP contribution in [0.25, 0.3) is 0 Å². The normalized spacial score (nSPS) is 14.9. The first-order chi connectivity index (χ1) is 9.04. The van der Waals surface area contributed by atoms with E-state index >= 15 is 0 Å². The monoisotopic (exact) mass is 271 g/mol. The Morgan fingerprint density at radius 1 is 1.21 bits per heavy atom. The SMILES string of the molecule is COC(=O)OC/C=C/CC(=O)ON1C(=O)CCC1=O. The molecule has 0 aromatic carbocycles. The number of hydroxylamine groups is 2. The molecule has 8 heteroatoms. The standard InChI is InChI=1S/C11H13NO7/c1-17-11(16)18-7-3-2-4-10(15)19-12-8(13)5-6-9(12)14/h2-3H,4-7H2,1H3/b3-2+. The van der Waals surface area contributed by atoms with Gasteiger partial charge in [0.2, 0.25) is 0 Å². The molecule has 0 N–H and O–H groups in total. The highest BCUT2D eigenvalue weighted by atomic mass is 16.7. The van der Waals surface area contributed by atoms with Crippen LogP contribution in [0.15, 0.2) is 12.2 Å². The van der Waals surface area contributed by atoms with E-state index in [0.717, 1.165) is 0 Å². The molecule has 0 saturated carbocycles. The van der Waals surface area contributed by atoms with Gasteiger partial charge in [-0.1, -0.05) is 12.2 Å². The van der Waals surface area contributed by atoms with E-state index in [1.54, 1.807) is 0 Å². The third-order valence-corrected chi connectivity index (χ3v) is 2.11. The fourth-order valence-electron chi connectivity index (χ4n) is 1.22. The second-order valence-electron chi connectivity index (χ2n) is 3.49. The summed E-state index contributed by atoms with van der Waals surface area (Å²) in [5.74, 6) is -1.81. The molecule has 0 radical (unpaired) electrons. The van der Waals surface area contributed by atoms with Crippen LogP contribution in [0.2, 0.25) is 0 Å². The van der Waals surface area contributed by atoms with Gasteiger partial charge in [-0.3, -0.25) is 9.59 Å². The van der Waals surface area contributed by atoms with Gasteiger partial charge >= 0.3 is 12.1 Å². The maximum absolute atomic E-state index is 11.3. The molecule has 1 rings (SSSR count). The predicted molar refractivity (Wildman–Crippen MR) is 59.3 cm³/mol. The molecule has 0 bridgehead atoms. The van der Waals surface area contributed by atoms with Crippen molar-refractivity contribution in [1.29, 1.82) is 0 Å². The highest BCUT2D eigenvalue weighted by Crippen LogP contribution is 2.12. The van der Waals surface area contributed by atoms with Crippen molar-refractivity contribution in [3.8, 4) is 0 Å². The van der Waals surface area contributed by atoms with Crippen LogP contribution in [-0.2, 0) is 28.7 Å². The molecular weight excluding hydrogens is 258 g/mol. The number of carbonyl (C=O) groups excluding carboxylic acids is 4. The van der Waals surface area contributed by atoms with Gasteiger partial charge in [-0.25, -0.2) is 9.59 Å². The van der Waals surface area contributed by atoms with Crippen molar-refractivity contribution in [2.24, 2.45) is 0 Å². The van der Waals surface area contributed by atoms with E-state index in [1.165, 1.54) is 19.3 Å². The van der Waals surface area contributed by atoms with Crippen molar-refractivity contribution in [2.45, 2.75) is 19.3 Å². The molecule has 1 saturated heterocycles. The highest BCUT2D eigenvalue weighted by molar-refractivity contribution is 6.01. The Kier molecular flexibility index (Phi) is 5.52. The number of imide groups is 1. The van der Waals surface area contributed by atoms with E-state index < -0.39 is 23.9 Å². The largest absolute Gasteiger partial charge is 0.508 e. The fourth-order valence-corrected chi connectivity index (χ4v) is 1.22. The van der Waals surface area contributed by atoms with Gasteiger partial charge in [-0.05, 0) is 0 Å². The Morgan fingerprint density at radius 3 is 2.42 bits per heavy atom. The van der Waals surface area contributed by atoms with E-state index in [9.17, 15) is 19.2 Å². The molecule has 19 heavy (non-hydrogen) atoms. The Labute approximate surface area is 108 Å². The number of rotatable bonds is 5.